The molecular formula is C11H22N2O2. The molecule has 1 aliphatic rings. The average Bonchev–Trinajstić information content (AvgIpc) is 2.16. The van der Waals surface area contributed by atoms with Crippen LogP contribution in [0.4, 0.5) is 0 Å². The van der Waals surface area contributed by atoms with E-state index in [1.54, 1.807) is 0 Å². The number of nitrogens with two attached hydrogens (primary N) is 1. The van der Waals surface area contributed by atoms with Gasteiger partial charge in [-0.05, 0) is 46.7 Å². The quantitative estimate of drug-likeness (QED) is 0.663. The van der Waals surface area contributed by atoms with Gasteiger partial charge in [0.25, 0.3) is 0 Å². The molecule has 0 amide bonds. The van der Waals surface area contributed by atoms with Crippen LogP contribution in [0.5, 0.6) is 0 Å². The van der Waals surface area contributed by atoms with Crippen molar-refractivity contribution in [2.24, 2.45) is 11.1 Å². The Hall–Kier alpha value is -0.610. The fraction of sp³-hybridized carbons (Fsp3) is 0.909. The number of rotatable bonds is 2. The summed E-state index contributed by atoms with van der Waals surface area (Å²) in [6.45, 7) is 7.72. The first-order chi connectivity index (χ1) is 6.90. The minimum atomic E-state index is -0.460. The molecule has 0 bridgehead atoms. The van der Waals surface area contributed by atoms with Gasteiger partial charge in [-0.1, -0.05) is 0 Å². The summed E-state index contributed by atoms with van der Waals surface area (Å²) < 4.78 is 5.42. The van der Waals surface area contributed by atoms with Crippen molar-refractivity contribution >= 4 is 5.97 Å². The Labute approximate surface area is 91.5 Å². The van der Waals surface area contributed by atoms with Gasteiger partial charge in [-0.2, -0.15) is 0 Å². The molecule has 88 valence electrons. The molecule has 1 rings (SSSR count). The minimum absolute atomic E-state index is 0.140. The first-order valence-electron chi connectivity index (χ1n) is 5.54. The van der Waals surface area contributed by atoms with E-state index in [-0.39, 0.29) is 5.97 Å². The lowest BCUT2D eigenvalue weighted by molar-refractivity contribution is -0.168. The van der Waals surface area contributed by atoms with Gasteiger partial charge in [0.1, 0.15) is 5.60 Å². The first-order valence-corrected chi connectivity index (χ1v) is 5.54. The average molecular weight is 214 g/mol. The highest BCUT2D eigenvalue weighted by Gasteiger charge is 2.41. The fourth-order valence-electron chi connectivity index (χ4n) is 1.78. The van der Waals surface area contributed by atoms with Gasteiger partial charge in [-0.3, -0.25) is 4.79 Å². The maximum absolute atomic E-state index is 12.0. The summed E-state index contributed by atoms with van der Waals surface area (Å²) in [4.78, 5) is 12.0. The van der Waals surface area contributed by atoms with Crippen LogP contribution in [-0.2, 0) is 9.53 Å². The Morgan fingerprint density at radius 2 is 1.93 bits per heavy atom. The van der Waals surface area contributed by atoms with Crippen molar-refractivity contribution in [3.8, 4) is 0 Å². The van der Waals surface area contributed by atoms with Crippen molar-refractivity contribution in [1.29, 1.82) is 0 Å². The Kier molecular flexibility index (Phi) is 3.73. The molecule has 1 aliphatic heterocycles. The number of nitrogens with one attached hydrogen (secondary N) is 1. The van der Waals surface area contributed by atoms with E-state index in [0.29, 0.717) is 6.54 Å². The van der Waals surface area contributed by atoms with Crippen LogP contribution in [0.1, 0.15) is 33.6 Å². The van der Waals surface area contributed by atoms with Crippen molar-refractivity contribution in [3.05, 3.63) is 0 Å². The third-order valence-corrected chi connectivity index (χ3v) is 2.78. The summed E-state index contributed by atoms with van der Waals surface area (Å²) in [6, 6.07) is 0. The molecule has 0 aromatic carbocycles. The van der Waals surface area contributed by atoms with Crippen molar-refractivity contribution in [1.82, 2.24) is 5.32 Å². The van der Waals surface area contributed by atoms with Crippen LogP contribution in [0.2, 0.25) is 0 Å². The maximum Gasteiger partial charge on any atom is 0.313 e. The summed E-state index contributed by atoms with van der Waals surface area (Å²) in [7, 11) is 0. The molecule has 1 saturated heterocycles. The third-order valence-electron chi connectivity index (χ3n) is 2.78. The van der Waals surface area contributed by atoms with Gasteiger partial charge in [0.2, 0.25) is 0 Å². The monoisotopic (exact) mass is 214 g/mol. The molecule has 3 N–H and O–H groups in total. The van der Waals surface area contributed by atoms with Crippen LogP contribution >= 0.6 is 0 Å². The molecule has 0 radical (unpaired) electrons. The highest BCUT2D eigenvalue weighted by molar-refractivity contribution is 5.77. The SMILES string of the molecule is CC(C)(C)OC(=O)C1(CN)CCNCC1. The van der Waals surface area contributed by atoms with E-state index >= 15 is 0 Å². The molecule has 0 aromatic heterocycles. The van der Waals surface area contributed by atoms with E-state index in [0.717, 1.165) is 25.9 Å². The summed E-state index contributed by atoms with van der Waals surface area (Å²) in [5, 5.41) is 3.23. The molecule has 15 heavy (non-hydrogen) atoms. The summed E-state index contributed by atoms with van der Waals surface area (Å²) in [6.07, 6.45) is 1.55. The highest BCUT2D eigenvalue weighted by atomic mass is 16.6. The van der Waals surface area contributed by atoms with Gasteiger partial charge in [0, 0.05) is 6.54 Å². The van der Waals surface area contributed by atoms with Crippen LogP contribution < -0.4 is 11.1 Å². The van der Waals surface area contributed by atoms with Crippen LogP contribution in [0, 0.1) is 5.41 Å². The molecule has 0 unspecified atom stereocenters. The lowest BCUT2D eigenvalue weighted by Gasteiger charge is -2.36. The van der Waals surface area contributed by atoms with E-state index in [4.69, 9.17) is 10.5 Å². The van der Waals surface area contributed by atoms with Gasteiger partial charge in [-0.15, -0.1) is 0 Å². The van der Waals surface area contributed by atoms with Crippen LogP contribution in [0.25, 0.3) is 0 Å². The molecular weight excluding hydrogens is 192 g/mol. The van der Waals surface area contributed by atoms with E-state index < -0.39 is 11.0 Å². The third kappa shape index (κ3) is 3.18. The zero-order valence-electron chi connectivity index (χ0n) is 9.93. The molecule has 0 spiro atoms. The van der Waals surface area contributed by atoms with Crippen LogP contribution in [0.3, 0.4) is 0 Å². The predicted octanol–water partition coefficient (Wildman–Crippen LogP) is 0.657. The highest BCUT2D eigenvalue weighted by Crippen LogP contribution is 2.30. The first kappa shape index (κ1) is 12.5. The topological polar surface area (TPSA) is 64.3 Å². The molecule has 0 atom stereocenters. The van der Waals surface area contributed by atoms with Crippen molar-refractivity contribution in [2.45, 2.75) is 39.2 Å². The number of hydrogen-bond acceptors (Lipinski definition) is 4. The second-order valence-electron chi connectivity index (χ2n) is 5.24. The van der Waals surface area contributed by atoms with Gasteiger partial charge in [-0.25, -0.2) is 0 Å². The van der Waals surface area contributed by atoms with Crippen LogP contribution in [0.15, 0.2) is 0 Å². The Balaban J connectivity index is 2.68. The van der Waals surface area contributed by atoms with Gasteiger partial charge in [0.05, 0.1) is 5.41 Å². The zero-order valence-corrected chi connectivity index (χ0v) is 9.93. The molecule has 1 fully saturated rings. The smallest absolute Gasteiger partial charge is 0.313 e. The Morgan fingerprint density at radius 3 is 2.33 bits per heavy atom. The van der Waals surface area contributed by atoms with Gasteiger partial charge >= 0.3 is 5.97 Å². The molecule has 0 saturated carbocycles. The molecule has 0 aromatic rings. The van der Waals surface area contributed by atoms with E-state index in [1.807, 2.05) is 20.8 Å². The van der Waals surface area contributed by atoms with Crippen LogP contribution in [-0.4, -0.2) is 31.2 Å². The number of hydrogen-bond donors (Lipinski definition) is 2. The zero-order chi connectivity index (χ0) is 11.5. The normalized spacial score (nSPS) is 21.1. The largest absolute Gasteiger partial charge is 0.460 e. The van der Waals surface area contributed by atoms with E-state index in [2.05, 4.69) is 5.32 Å². The maximum atomic E-state index is 12.0. The van der Waals surface area contributed by atoms with Crippen molar-refractivity contribution in [3.63, 3.8) is 0 Å². The molecule has 0 aliphatic carbocycles. The summed E-state index contributed by atoms with van der Waals surface area (Å²) in [5.41, 5.74) is 4.84. The standard InChI is InChI=1S/C11H22N2O2/c1-10(2,3)15-9(14)11(8-12)4-6-13-7-5-11/h13H,4-8,12H2,1-3H3. The van der Waals surface area contributed by atoms with Gasteiger partial charge < -0.3 is 15.8 Å². The lowest BCUT2D eigenvalue weighted by Crippen LogP contribution is -2.49. The second-order valence-corrected chi connectivity index (χ2v) is 5.24. The predicted molar refractivity (Wildman–Crippen MR) is 59.4 cm³/mol. The molecule has 1 heterocycles. The number of piperidine rings is 1. The number of ether oxygens (including phenoxy) is 1. The fourth-order valence-corrected chi connectivity index (χ4v) is 1.78. The van der Waals surface area contributed by atoms with Crippen molar-refractivity contribution < 1.29 is 9.53 Å². The van der Waals surface area contributed by atoms with Crippen molar-refractivity contribution in [2.75, 3.05) is 19.6 Å². The van der Waals surface area contributed by atoms with E-state index in [9.17, 15) is 4.79 Å². The minimum Gasteiger partial charge on any atom is -0.460 e. The molecule has 4 nitrogen and oxygen atoms in total. The Bertz CT molecular complexity index is 227. The summed E-state index contributed by atoms with van der Waals surface area (Å²) >= 11 is 0. The number of carbonyl (C=O) groups excluding carboxylic acids is 1. The number of esters is 1. The number of carbonyl (C=O) groups is 1. The lowest BCUT2D eigenvalue weighted by atomic mass is 9.79. The molecule has 4 heteroatoms. The second kappa shape index (κ2) is 4.49. The summed E-state index contributed by atoms with van der Waals surface area (Å²) in [5.74, 6) is -0.140. The van der Waals surface area contributed by atoms with Gasteiger partial charge in [0.15, 0.2) is 0 Å². The van der Waals surface area contributed by atoms with E-state index in [1.165, 1.54) is 0 Å². The Morgan fingerprint density at radius 1 is 1.40 bits per heavy atom.